The molecular formula is C13H19N3O3. The van der Waals surface area contributed by atoms with Gasteiger partial charge in [0.05, 0.1) is 12.0 Å². The van der Waals surface area contributed by atoms with Gasteiger partial charge in [-0.3, -0.25) is 10.1 Å². The molecule has 19 heavy (non-hydrogen) atoms. The second kappa shape index (κ2) is 5.88. The van der Waals surface area contributed by atoms with Gasteiger partial charge in [-0.15, -0.1) is 0 Å². The highest BCUT2D eigenvalue weighted by atomic mass is 16.6. The first kappa shape index (κ1) is 13.6. The van der Waals surface area contributed by atoms with Crippen LogP contribution in [0.15, 0.2) is 18.2 Å². The van der Waals surface area contributed by atoms with Crippen LogP contribution in [0.5, 0.6) is 5.75 Å². The standard InChI is InChI=1S/C13H19N3O3/c1-19-12-4-2-3-11(13(12)16(17)18)15-10-7-5-9(14)6-8-10/h2-4,9-10,15H,5-8,14H2,1H3. The van der Waals surface area contributed by atoms with E-state index in [0.29, 0.717) is 5.69 Å². The zero-order chi connectivity index (χ0) is 13.8. The Labute approximate surface area is 112 Å². The molecule has 2 rings (SSSR count). The first-order chi connectivity index (χ1) is 9.11. The minimum atomic E-state index is -0.407. The summed E-state index contributed by atoms with van der Waals surface area (Å²) in [5, 5.41) is 14.4. The molecule has 0 saturated heterocycles. The summed E-state index contributed by atoms with van der Waals surface area (Å²) in [6.07, 6.45) is 3.79. The Morgan fingerprint density at radius 3 is 2.63 bits per heavy atom. The number of nitro groups is 1. The maximum atomic E-state index is 11.2. The van der Waals surface area contributed by atoms with Gasteiger partial charge in [0.1, 0.15) is 5.69 Å². The molecule has 1 aliphatic carbocycles. The van der Waals surface area contributed by atoms with Crippen LogP contribution in [-0.2, 0) is 0 Å². The van der Waals surface area contributed by atoms with Crippen molar-refractivity contribution in [2.45, 2.75) is 37.8 Å². The smallest absolute Gasteiger partial charge is 0.333 e. The maximum Gasteiger partial charge on any atom is 0.333 e. The lowest BCUT2D eigenvalue weighted by Gasteiger charge is -2.27. The fraction of sp³-hybridized carbons (Fsp3) is 0.538. The number of hydrogen-bond donors (Lipinski definition) is 2. The number of nitro benzene ring substituents is 1. The van der Waals surface area contributed by atoms with Crippen molar-refractivity contribution in [2.24, 2.45) is 5.73 Å². The van der Waals surface area contributed by atoms with Crippen LogP contribution in [0.3, 0.4) is 0 Å². The molecule has 0 amide bonds. The van der Waals surface area contributed by atoms with E-state index in [0.717, 1.165) is 25.7 Å². The summed E-state index contributed by atoms with van der Waals surface area (Å²) in [6.45, 7) is 0. The van der Waals surface area contributed by atoms with Crippen LogP contribution in [0, 0.1) is 10.1 Å². The third-order valence-electron chi connectivity index (χ3n) is 3.53. The van der Waals surface area contributed by atoms with Crippen LogP contribution in [-0.4, -0.2) is 24.1 Å². The summed E-state index contributed by atoms with van der Waals surface area (Å²) in [7, 11) is 1.44. The maximum absolute atomic E-state index is 11.2. The molecule has 1 fully saturated rings. The molecule has 104 valence electrons. The predicted molar refractivity (Wildman–Crippen MR) is 73.5 cm³/mol. The summed E-state index contributed by atoms with van der Waals surface area (Å²) >= 11 is 0. The van der Waals surface area contributed by atoms with E-state index in [1.165, 1.54) is 7.11 Å². The normalized spacial score (nSPS) is 22.8. The topological polar surface area (TPSA) is 90.4 Å². The highest BCUT2D eigenvalue weighted by molar-refractivity contribution is 5.68. The van der Waals surface area contributed by atoms with Crippen LogP contribution < -0.4 is 15.8 Å². The van der Waals surface area contributed by atoms with E-state index < -0.39 is 4.92 Å². The summed E-state index contributed by atoms with van der Waals surface area (Å²) in [6, 6.07) is 5.57. The Kier molecular flexibility index (Phi) is 4.21. The molecule has 0 bridgehead atoms. The molecule has 0 unspecified atom stereocenters. The largest absolute Gasteiger partial charge is 0.490 e. The number of anilines is 1. The van der Waals surface area contributed by atoms with E-state index in [4.69, 9.17) is 10.5 Å². The van der Waals surface area contributed by atoms with Gasteiger partial charge in [0.15, 0.2) is 5.75 Å². The fourth-order valence-corrected chi connectivity index (χ4v) is 2.48. The van der Waals surface area contributed by atoms with Crippen LogP contribution in [0.1, 0.15) is 25.7 Å². The van der Waals surface area contributed by atoms with Gasteiger partial charge in [0.2, 0.25) is 0 Å². The Balaban J connectivity index is 2.17. The van der Waals surface area contributed by atoms with Gasteiger partial charge in [-0.25, -0.2) is 0 Å². The van der Waals surface area contributed by atoms with E-state index >= 15 is 0 Å². The van der Waals surface area contributed by atoms with Gasteiger partial charge in [-0.2, -0.15) is 0 Å². The van der Waals surface area contributed by atoms with E-state index in [-0.39, 0.29) is 23.5 Å². The van der Waals surface area contributed by atoms with Gasteiger partial charge in [0.25, 0.3) is 0 Å². The van der Waals surface area contributed by atoms with E-state index in [9.17, 15) is 10.1 Å². The van der Waals surface area contributed by atoms with Crippen LogP contribution in [0.25, 0.3) is 0 Å². The molecule has 0 spiro atoms. The van der Waals surface area contributed by atoms with Gasteiger partial charge in [-0.1, -0.05) is 6.07 Å². The van der Waals surface area contributed by atoms with Crippen molar-refractivity contribution in [3.8, 4) is 5.75 Å². The van der Waals surface area contributed by atoms with E-state index in [1.807, 2.05) is 0 Å². The van der Waals surface area contributed by atoms with Crippen molar-refractivity contribution < 1.29 is 9.66 Å². The molecule has 1 aromatic carbocycles. The number of methoxy groups -OCH3 is 1. The zero-order valence-corrected chi connectivity index (χ0v) is 11.0. The first-order valence-electron chi connectivity index (χ1n) is 6.45. The fourth-order valence-electron chi connectivity index (χ4n) is 2.48. The molecule has 6 heteroatoms. The minimum Gasteiger partial charge on any atom is -0.490 e. The average molecular weight is 265 g/mol. The second-order valence-electron chi connectivity index (χ2n) is 4.87. The number of hydrogen-bond acceptors (Lipinski definition) is 5. The summed E-state index contributed by atoms with van der Waals surface area (Å²) in [5.41, 5.74) is 6.38. The van der Waals surface area contributed by atoms with Gasteiger partial charge < -0.3 is 15.8 Å². The Morgan fingerprint density at radius 1 is 1.37 bits per heavy atom. The molecule has 0 heterocycles. The van der Waals surface area contributed by atoms with Gasteiger partial charge in [0, 0.05) is 12.1 Å². The quantitative estimate of drug-likeness (QED) is 0.644. The monoisotopic (exact) mass is 265 g/mol. The Bertz CT molecular complexity index is 456. The number of para-hydroxylation sites is 1. The molecule has 0 aliphatic heterocycles. The van der Waals surface area contributed by atoms with Crippen molar-refractivity contribution in [1.29, 1.82) is 0 Å². The second-order valence-corrected chi connectivity index (χ2v) is 4.87. The molecule has 3 N–H and O–H groups in total. The van der Waals surface area contributed by atoms with E-state index in [1.54, 1.807) is 18.2 Å². The van der Waals surface area contributed by atoms with Crippen LogP contribution in [0.4, 0.5) is 11.4 Å². The molecule has 0 radical (unpaired) electrons. The van der Waals surface area contributed by atoms with Gasteiger partial charge >= 0.3 is 5.69 Å². The lowest BCUT2D eigenvalue weighted by atomic mass is 9.91. The first-order valence-corrected chi connectivity index (χ1v) is 6.45. The van der Waals surface area contributed by atoms with Crippen molar-refractivity contribution in [1.82, 2.24) is 0 Å². The lowest BCUT2D eigenvalue weighted by molar-refractivity contribution is -0.384. The van der Waals surface area contributed by atoms with Crippen molar-refractivity contribution >= 4 is 11.4 Å². The number of nitrogens with zero attached hydrogens (tertiary/aromatic N) is 1. The average Bonchev–Trinajstić information content (AvgIpc) is 2.40. The number of nitrogens with one attached hydrogen (secondary N) is 1. The summed E-state index contributed by atoms with van der Waals surface area (Å²) < 4.78 is 5.05. The zero-order valence-electron chi connectivity index (χ0n) is 11.0. The SMILES string of the molecule is COc1cccc(NC2CCC(N)CC2)c1[N+](=O)[O-]. The molecule has 1 aromatic rings. The summed E-state index contributed by atoms with van der Waals surface area (Å²) in [4.78, 5) is 10.8. The van der Waals surface area contributed by atoms with Gasteiger partial charge in [-0.05, 0) is 37.8 Å². The Hall–Kier alpha value is -1.82. The lowest BCUT2D eigenvalue weighted by Crippen LogP contribution is -2.32. The van der Waals surface area contributed by atoms with Crippen molar-refractivity contribution in [2.75, 3.05) is 12.4 Å². The van der Waals surface area contributed by atoms with Crippen molar-refractivity contribution in [3.63, 3.8) is 0 Å². The molecule has 0 atom stereocenters. The predicted octanol–water partition coefficient (Wildman–Crippen LogP) is 2.29. The van der Waals surface area contributed by atoms with E-state index in [2.05, 4.69) is 5.32 Å². The summed E-state index contributed by atoms with van der Waals surface area (Å²) in [5.74, 6) is 0.280. The Morgan fingerprint density at radius 2 is 2.05 bits per heavy atom. The molecule has 0 aromatic heterocycles. The minimum absolute atomic E-state index is 0.000119. The van der Waals surface area contributed by atoms with Crippen LogP contribution in [0.2, 0.25) is 0 Å². The molecule has 1 saturated carbocycles. The number of rotatable bonds is 4. The highest BCUT2D eigenvalue weighted by Gasteiger charge is 2.24. The third kappa shape index (κ3) is 3.14. The van der Waals surface area contributed by atoms with Crippen molar-refractivity contribution in [3.05, 3.63) is 28.3 Å². The molecular weight excluding hydrogens is 246 g/mol. The third-order valence-corrected chi connectivity index (χ3v) is 3.53. The number of nitrogens with two attached hydrogens (primary N) is 1. The molecule has 6 nitrogen and oxygen atoms in total. The van der Waals surface area contributed by atoms with Crippen LogP contribution >= 0.6 is 0 Å². The highest BCUT2D eigenvalue weighted by Crippen LogP contribution is 2.35. The number of benzene rings is 1. The number of ether oxygens (including phenoxy) is 1. The molecule has 1 aliphatic rings.